The Balaban J connectivity index is 1.02. The highest BCUT2D eigenvalue weighted by Gasteiger charge is 2.45. The molecule has 36 nitrogen and oxygen atoms in total. The van der Waals surface area contributed by atoms with Crippen molar-refractivity contribution in [3.63, 3.8) is 0 Å². The first-order valence-corrected chi connectivity index (χ1v) is 42.9. The molecule has 24 N–H and O–H groups in total. The van der Waals surface area contributed by atoms with E-state index in [2.05, 4.69) is 63.8 Å². The Bertz CT molecular complexity index is 4480. The lowest BCUT2D eigenvalue weighted by Crippen LogP contribution is -2.61. The molecule has 0 spiro atoms. The molecule has 125 heavy (non-hydrogen) atoms. The second kappa shape index (κ2) is 49.3. The minimum Gasteiger partial charge on any atom is -0.480 e. The smallest absolute Gasteiger partial charge is 0.326 e. The van der Waals surface area contributed by atoms with E-state index in [1.807, 2.05) is 0 Å². The highest BCUT2D eigenvalue weighted by Crippen LogP contribution is 2.26. The minimum absolute atomic E-state index is 0.0184. The van der Waals surface area contributed by atoms with Crippen LogP contribution in [0.25, 0.3) is 0 Å². The molecule has 0 aliphatic carbocycles. The van der Waals surface area contributed by atoms with Gasteiger partial charge in [-0.05, 0) is 123 Å². The number of hydrogen-bond donors (Lipinski definition) is 20. The van der Waals surface area contributed by atoms with E-state index in [4.69, 9.17) is 39.2 Å². The highest BCUT2D eigenvalue weighted by molar-refractivity contribution is 6.01. The van der Waals surface area contributed by atoms with Crippen LogP contribution in [0.2, 0.25) is 0 Å². The second-order valence-corrected chi connectivity index (χ2v) is 32.8. The number of nitrogens with two attached hydrogens (primary N) is 4. The summed E-state index contributed by atoms with van der Waals surface area (Å²) in [7, 11) is 0. The van der Waals surface area contributed by atoms with Crippen molar-refractivity contribution in [3.05, 3.63) is 179 Å². The average Bonchev–Trinajstić information content (AvgIpc) is 1.69. The van der Waals surface area contributed by atoms with E-state index in [0.717, 1.165) is 0 Å². The Kier molecular flexibility index (Phi) is 38.4. The van der Waals surface area contributed by atoms with E-state index in [1.54, 1.807) is 179 Å². The number of hydrogen-bond acceptors (Lipinski definition) is 17. The lowest BCUT2D eigenvalue weighted by molar-refractivity contribution is -0.144. The van der Waals surface area contributed by atoms with Crippen LogP contribution in [0.3, 0.4) is 0 Å². The number of carbonyl (C=O) groups excluding carboxylic acids is 12. The molecule has 3 aliphatic rings. The number of rotatable bonds is 47. The molecule has 3 heterocycles. The fourth-order valence-electron chi connectivity index (χ4n) is 15.6. The van der Waals surface area contributed by atoms with Crippen molar-refractivity contribution in [2.75, 3.05) is 39.3 Å². The van der Waals surface area contributed by atoms with Crippen molar-refractivity contribution in [2.45, 2.75) is 222 Å². The largest absolute Gasteiger partial charge is 0.480 e. The zero-order valence-electron chi connectivity index (χ0n) is 71.5. The van der Waals surface area contributed by atoms with Gasteiger partial charge >= 0.3 is 5.97 Å². The van der Waals surface area contributed by atoms with E-state index >= 15 is 28.8 Å². The molecule has 0 aromatic heterocycles. The number of nitrogens with zero attached hydrogens (tertiary/aromatic N) is 3. The van der Waals surface area contributed by atoms with Gasteiger partial charge in [0.1, 0.15) is 72.5 Å². The molecule has 12 amide bonds. The molecule has 5 aromatic carbocycles. The third-order valence-corrected chi connectivity index (χ3v) is 22.2. The van der Waals surface area contributed by atoms with Crippen molar-refractivity contribution >= 4 is 94.7 Å². The number of carboxylic acid groups (broad SMARTS) is 1. The summed E-state index contributed by atoms with van der Waals surface area (Å²) in [6.07, 6.45) is 1.83. The number of carbonyl (C=O) groups is 13. The number of likely N-dealkylation sites (tertiary alicyclic amines) is 3. The van der Waals surface area contributed by atoms with E-state index < -0.39 is 155 Å². The Morgan fingerprint density at radius 2 is 0.608 bits per heavy atom. The summed E-state index contributed by atoms with van der Waals surface area (Å²) in [5, 5.41) is 66.1. The Morgan fingerprint density at radius 3 is 0.944 bits per heavy atom. The Morgan fingerprint density at radius 1 is 0.352 bits per heavy atom. The third-order valence-electron chi connectivity index (χ3n) is 22.2. The van der Waals surface area contributed by atoms with Crippen LogP contribution in [0.1, 0.15) is 139 Å². The van der Waals surface area contributed by atoms with Crippen LogP contribution in [0.15, 0.2) is 152 Å². The molecule has 3 saturated heterocycles. The van der Waals surface area contributed by atoms with Crippen LogP contribution >= 0.6 is 0 Å². The molecule has 0 saturated carbocycles. The third kappa shape index (κ3) is 31.1. The van der Waals surface area contributed by atoms with Crippen molar-refractivity contribution < 1.29 is 67.4 Å². The van der Waals surface area contributed by atoms with Crippen molar-refractivity contribution in [1.82, 2.24) is 78.5 Å². The summed E-state index contributed by atoms with van der Waals surface area (Å²) in [4.78, 5) is 195. The lowest BCUT2D eigenvalue weighted by atomic mass is 9.99. The number of guanidine groups is 3. The summed E-state index contributed by atoms with van der Waals surface area (Å²) in [5.41, 5.74) is 25.8. The number of amides is 12. The van der Waals surface area contributed by atoms with Gasteiger partial charge in [0.15, 0.2) is 17.9 Å². The first kappa shape index (κ1) is 97.4. The maximum Gasteiger partial charge on any atom is 0.326 e. The van der Waals surface area contributed by atoms with Gasteiger partial charge in [0.05, 0.1) is 6.04 Å². The molecule has 3 fully saturated rings. The molecular weight excluding hydrogens is 1600 g/mol. The molecular formula is C89H124N22O14. The molecule has 36 heteroatoms. The maximum absolute atomic E-state index is 15.6. The zero-order valence-corrected chi connectivity index (χ0v) is 71.5. The van der Waals surface area contributed by atoms with E-state index in [0.29, 0.717) is 53.5 Å². The summed E-state index contributed by atoms with van der Waals surface area (Å²) in [6.45, 7) is 7.90. The maximum atomic E-state index is 15.6. The Labute approximate surface area is 728 Å². The van der Waals surface area contributed by atoms with Gasteiger partial charge in [0.2, 0.25) is 70.9 Å². The van der Waals surface area contributed by atoms with Crippen LogP contribution in [-0.4, -0.2) is 232 Å². The van der Waals surface area contributed by atoms with Crippen LogP contribution < -0.4 is 86.7 Å². The molecule has 0 radical (unpaired) electrons. The standard InChI is InChI=1S/C89H124N22O14/c1-54(2)48-64(75(113)100-61(36-20-42-97-87(91)92)74(112)102-63(86(124)125)38-22-44-99-89(95)96)103-76(114)66(50-57-28-12-6-13-29-57)105-79(117)70-39-24-46-110(70)84(122)68(52-59-32-16-8-17-33-59)107-78(116)65(49-56-26-10-5-11-27-56)104-77(115)67(51-58-30-14-7-15-31-58)106-80(118)71-40-25-47-111(71)85(123)69(53-60-34-18-9-19-35-60)108-81(119)72-41-23-45-109(72)83(121)62(37-21-43-98-88(93)94)101-82(120)73(90)55(3)4/h5-19,26-35,54-55,61-73H,20-25,36-53,90H2,1-4H3,(H,100,113)(H,101,120)(H,102,112)(H,103,114)(H,104,115)(H,105,117)(H,106,118)(H,107,116)(H,108,119)(H,124,125)(H4,91,92,97)(H4,93,94,98)(H4,95,96,99)/t61-,62-,63-,64-,65-,66-,67-,68-,69-,70-,71-,72-,73-/m0/s1. The number of nitrogens with one attached hydrogen (secondary N) is 15. The topological polar surface area (TPSA) is 572 Å². The van der Waals surface area contributed by atoms with Gasteiger partial charge < -0.3 is 107 Å². The SMILES string of the molecule is CC(C)C[C@H](NC(=O)[C@H](Cc1ccccc1)NC(=O)[C@@H]1CCCN1C(=O)[C@H](Cc1ccccc1)NC(=O)[C@H](Cc1ccccc1)NC(=O)[C@H](Cc1ccccc1)NC(=O)[C@@H]1CCCN1C(=O)[C@H](Cc1ccccc1)NC(=O)[C@@H]1CCCN1C(=O)[C@H](CCCNC(=N)N)NC(=O)[C@@H](N)C(C)C)C(=O)N[C@@H](CCCNC(=N)N)C(=O)N[C@@H](CCCNC(=N)N)C(=O)O. The highest BCUT2D eigenvalue weighted by atomic mass is 16.4. The molecule has 5 aromatic rings. The fraction of sp³-hybridized carbons (Fsp3) is 0.483. The predicted molar refractivity (Wildman–Crippen MR) is 470 cm³/mol. The zero-order chi connectivity index (χ0) is 90.7. The van der Waals surface area contributed by atoms with Gasteiger partial charge in [-0.15, -0.1) is 0 Å². The average molecular weight is 1730 g/mol. The normalized spacial score (nSPS) is 17.2. The summed E-state index contributed by atoms with van der Waals surface area (Å²) >= 11 is 0. The number of carboxylic acids is 1. The van der Waals surface area contributed by atoms with Crippen LogP contribution in [0.4, 0.5) is 0 Å². The van der Waals surface area contributed by atoms with Gasteiger partial charge in [0.25, 0.3) is 0 Å². The van der Waals surface area contributed by atoms with E-state index in [-0.39, 0.29) is 159 Å². The number of benzene rings is 5. The fourth-order valence-corrected chi connectivity index (χ4v) is 15.6. The number of aliphatic carboxylic acids is 1. The van der Waals surface area contributed by atoms with Crippen LogP contribution in [0, 0.1) is 28.1 Å². The molecule has 13 atom stereocenters. The Hall–Kier alpha value is -13.0. The van der Waals surface area contributed by atoms with Crippen LogP contribution in [0.5, 0.6) is 0 Å². The van der Waals surface area contributed by atoms with Gasteiger partial charge in [0, 0.05) is 71.4 Å². The van der Waals surface area contributed by atoms with Crippen molar-refractivity contribution in [1.29, 1.82) is 16.2 Å². The van der Waals surface area contributed by atoms with E-state index in [1.165, 1.54) is 14.7 Å². The predicted octanol–water partition coefficient (Wildman–Crippen LogP) is 0.440. The first-order valence-electron chi connectivity index (χ1n) is 42.9. The van der Waals surface area contributed by atoms with E-state index in [9.17, 15) is 38.7 Å². The lowest BCUT2D eigenvalue weighted by Gasteiger charge is -2.33. The molecule has 0 bridgehead atoms. The van der Waals surface area contributed by atoms with Crippen molar-refractivity contribution in [3.8, 4) is 0 Å². The molecule has 674 valence electrons. The van der Waals surface area contributed by atoms with Gasteiger partial charge in [-0.1, -0.05) is 179 Å². The minimum atomic E-state index is -1.44. The van der Waals surface area contributed by atoms with Gasteiger partial charge in [-0.2, -0.15) is 0 Å². The summed E-state index contributed by atoms with van der Waals surface area (Å²) in [5.74, 6) is -11.3. The summed E-state index contributed by atoms with van der Waals surface area (Å²) in [6, 6.07) is 27.6. The quantitative estimate of drug-likeness (QED) is 0.0143. The first-order chi connectivity index (χ1) is 59.8. The summed E-state index contributed by atoms with van der Waals surface area (Å²) < 4.78 is 0. The molecule has 3 aliphatic heterocycles. The van der Waals surface area contributed by atoms with Gasteiger partial charge in [-0.25, -0.2) is 4.79 Å². The molecule has 0 unspecified atom stereocenters. The van der Waals surface area contributed by atoms with Crippen LogP contribution in [-0.2, 0) is 94.4 Å². The van der Waals surface area contributed by atoms with Gasteiger partial charge in [-0.3, -0.25) is 73.8 Å². The molecule has 8 rings (SSSR count). The monoisotopic (exact) mass is 1720 g/mol. The second-order valence-electron chi connectivity index (χ2n) is 32.8. The van der Waals surface area contributed by atoms with Crippen molar-refractivity contribution in [2.24, 2.45) is 34.8 Å².